The summed E-state index contributed by atoms with van der Waals surface area (Å²) in [6, 6.07) is 11.5. The molecule has 20 heavy (non-hydrogen) atoms. The van der Waals surface area contributed by atoms with Crippen molar-refractivity contribution in [1.82, 2.24) is 0 Å². The number of rotatable bonds is 4. The molecule has 3 nitrogen and oxygen atoms in total. The lowest BCUT2D eigenvalue weighted by molar-refractivity contribution is 0.371. The van der Waals surface area contributed by atoms with Crippen LogP contribution in [0.1, 0.15) is 16.7 Å². The average molecular weight is 270 g/mol. The van der Waals surface area contributed by atoms with E-state index in [2.05, 4.69) is 0 Å². The standard InChI is InChI=1S/C17H18O3/c1-12-10-14(11-16(20-3)17(12)18)5-4-13-6-8-15(19-2)9-7-13/h4-11,18H,1-3H3/b5-4+. The number of hydrogen-bond acceptors (Lipinski definition) is 3. The van der Waals surface area contributed by atoms with Gasteiger partial charge in [-0.1, -0.05) is 24.3 Å². The molecule has 0 atom stereocenters. The minimum atomic E-state index is 0.189. The van der Waals surface area contributed by atoms with Crippen LogP contribution in [0.25, 0.3) is 12.2 Å². The quantitative estimate of drug-likeness (QED) is 0.857. The van der Waals surface area contributed by atoms with Crippen LogP contribution in [0.5, 0.6) is 17.2 Å². The monoisotopic (exact) mass is 270 g/mol. The molecule has 1 N–H and O–H groups in total. The van der Waals surface area contributed by atoms with Gasteiger partial charge in [0.25, 0.3) is 0 Å². The highest BCUT2D eigenvalue weighted by atomic mass is 16.5. The van der Waals surface area contributed by atoms with Gasteiger partial charge in [-0.25, -0.2) is 0 Å². The van der Waals surface area contributed by atoms with Gasteiger partial charge in [0.2, 0.25) is 0 Å². The highest BCUT2D eigenvalue weighted by Gasteiger charge is 2.05. The van der Waals surface area contributed by atoms with E-state index in [1.165, 1.54) is 0 Å². The zero-order valence-electron chi connectivity index (χ0n) is 11.9. The summed E-state index contributed by atoms with van der Waals surface area (Å²) in [6.07, 6.45) is 3.99. The molecule has 0 aliphatic heterocycles. The summed E-state index contributed by atoms with van der Waals surface area (Å²) in [4.78, 5) is 0. The molecule has 0 unspecified atom stereocenters. The van der Waals surface area contributed by atoms with Crippen molar-refractivity contribution in [3.8, 4) is 17.2 Å². The third kappa shape index (κ3) is 3.12. The fraction of sp³-hybridized carbons (Fsp3) is 0.176. The molecule has 0 aromatic heterocycles. The first kappa shape index (κ1) is 14.0. The van der Waals surface area contributed by atoms with Gasteiger partial charge in [-0.2, -0.15) is 0 Å². The zero-order valence-corrected chi connectivity index (χ0v) is 11.9. The van der Waals surface area contributed by atoms with E-state index in [1.807, 2.05) is 55.5 Å². The van der Waals surface area contributed by atoms with Gasteiger partial charge >= 0.3 is 0 Å². The summed E-state index contributed by atoms with van der Waals surface area (Å²) >= 11 is 0. The molecule has 0 amide bonds. The van der Waals surface area contributed by atoms with Crippen LogP contribution in [0.3, 0.4) is 0 Å². The maximum Gasteiger partial charge on any atom is 0.161 e. The minimum absolute atomic E-state index is 0.189. The summed E-state index contributed by atoms with van der Waals surface area (Å²) in [7, 11) is 3.20. The van der Waals surface area contributed by atoms with Crippen molar-refractivity contribution >= 4 is 12.2 Å². The Morgan fingerprint density at radius 1 is 0.900 bits per heavy atom. The Morgan fingerprint density at radius 2 is 1.55 bits per heavy atom. The SMILES string of the molecule is COc1ccc(/C=C/c2cc(C)c(O)c(OC)c2)cc1. The van der Waals surface area contributed by atoms with E-state index < -0.39 is 0 Å². The largest absolute Gasteiger partial charge is 0.504 e. The van der Waals surface area contributed by atoms with Crippen molar-refractivity contribution in [2.24, 2.45) is 0 Å². The van der Waals surface area contributed by atoms with E-state index >= 15 is 0 Å². The van der Waals surface area contributed by atoms with Crippen molar-refractivity contribution in [3.05, 3.63) is 53.1 Å². The number of aromatic hydroxyl groups is 1. The summed E-state index contributed by atoms with van der Waals surface area (Å²) < 4.78 is 10.3. The smallest absolute Gasteiger partial charge is 0.161 e. The number of ether oxygens (including phenoxy) is 2. The van der Waals surface area contributed by atoms with Crippen LogP contribution >= 0.6 is 0 Å². The molecule has 2 rings (SSSR count). The second-order valence-corrected chi connectivity index (χ2v) is 4.50. The van der Waals surface area contributed by atoms with Crippen molar-refractivity contribution < 1.29 is 14.6 Å². The van der Waals surface area contributed by atoms with Gasteiger partial charge in [0.05, 0.1) is 14.2 Å². The second kappa shape index (κ2) is 6.15. The predicted octanol–water partition coefficient (Wildman–Crippen LogP) is 3.89. The molecule has 104 valence electrons. The molecule has 0 saturated carbocycles. The third-order valence-electron chi connectivity index (χ3n) is 3.09. The van der Waals surface area contributed by atoms with Crippen molar-refractivity contribution in [2.75, 3.05) is 14.2 Å². The molecule has 0 aliphatic carbocycles. The van der Waals surface area contributed by atoms with Gasteiger partial charge in [-0.05, 0) is 47.9 Å². The Bertz CT molecular complexity index is 613. The van der Waals surface area contributed by atoms with E-state index in [4.69, 9.17) is 9.47 Å². The summed E-state index contributed by atoms with van der Waals surface area (Å²) in [5, 5.41) is 9.80. The van der Waals surface area contributed by atoms with Crippen molar-refractivity contribution in [2.45, 2.75) is 6.92 Å². The van der Waals surface area contributed by atoms with Gasteiger partial charge in [-0.15, -0.1) is 0 Å². The number of hydrogen-bond donors (Lipinski definition) is 1. The molecule has 3 heteroatoms. The number of phenols is 1. The van der Waals surface area contributed by atoms with Crippen LogP contribution in [-0.2, 0) is 0 Å². The van der Waals surface area contributed by atoms with E-state index in [9.17, 15) is 5.11 Å². The van der Waals surface area contributed by atoms with Gasteiger partial charge in [0, 0.05) is 0 Å². The number of methoxy groups -OCH3 is 2. The molecule has 0 bridgehead atoms. The molecule has 0 aliphatic rings. The van der Waals surface area contributed by atoms with Gasteiger partial charge in [0.15, 0.2) is 11.5 Å². The molecule has 0 spiro atoms. The Labute approximate surface area is 119 Å². The van der Waals surface area contributed by atoms with E-state index in [1.54, 1.807) is 14.2 Å². The van der Waals surface area contributed by atoms with Crippen LogP contribution in [0, 0.1) is 6.92 Å². The number of phenolic OH excluding ortho intramolecular Hbond substituents is 1. The van der Waals surface area contributed by atoms with Crippen molar-refractivity contribution in [3.63, 3.8) is 0 Å². The van der Waals surface area contributed by atoms with Gasteiger partial charge < -0.3 is 14.6 Å². The fourth-order valence-electron chi connectivity index (χ4n) is 1.93. The number of aryl methyl sites for hydroxylation is 1. The highest BCUT2D eigenvalue weighted by molar-refractivity contribution is 5.71. The average Bonchev–Trinajstić information content (AvgIpc) is 2.48. The first-order valence-electron chi connectivity index (χ1n) is 6.34. The van der Waals surface area contributed by atoms with Gasteiger partial charge in [-0.3, -0.25) is 0 Å². The van der Waals surface area contributed by atoms with Crippen molar-refractivity contribution in [1.29, 1.82) is 0 Å². The molecule has 0 radical (unpaired) electrons. The lowest BCUT2D eigenvalue weighted by Crippen LogP contribution is -1.87. The highest BCUT2D eigenvalue weighted by Crippen LogP contribution is 2.31. The van der Waals surface area contributed by atoms with Crippen LogP contribution in [0.15, 0.2) is 36.4 Å². The lowest BCUT2D eigenvalue weighted by atomic mass is 10.1. The lowest BCUT2D eigenvalue weighted by Gasteiger charge is -2.07. The summed E-state index contributed by atoms with van der Waals surface area (Å²) in [6.45, 7) is 1.85. The Morgan fingerprint density at radius 3 is 2.15 bits per heavy atom. The molecular formula is C17H18O3. The van der Waals surface area contributed by atoms with Crippen LogP contribution in [-0.4, -0.2) is 19.3 Å². The second-order valence-electron chi connectivity index (χ2n) is 4.50. The fourth-order valence-corrected chi connectivity index (χ4v) is 1.93. The van der Waals surface area contributed by atoms with Crippen LogP contribution in [0.2, 0.25) is 0 Å². The Kier molecular flexibility index (Phi) is 4.31. The third-order valence-corrected chi connectivity index (χ3v) is 3.09. The molecule has 0 fully saturated rings. The van der Waals surface area contributed by atoms with Crippen LogP contribution in [0.4, 0.5) is 0 Å². The molecule has 2 aromatic rings. The molecule has 2 aromatic carbocycles. The maximum atomic E-state index is 9.80. The van der Waals surface area contributed by atoms with E-state index in [0.29, 0.717) is 5.75 Å². The zero-order chi connectivity index (χ0) is 14.5. The molecule has 0 saturated heterocycles. The minimum Gasteiger partial charge on any atom is -0.504 e. The van der Waals surface area contributed by atoms with E-state index in [-0.39, 0.29) is 5.75 Å². The summed E-state index contributed by atoms with van der Waals surface area (Å²) in [5.41, 5.74) is 2.85. The molecular weight excluding hydrogens is 252 g/mol. The first-order valence-corrected chi connectivity index (χ1v) is 6.34. The van der Waals surface area contributed by atoms with E-state index in [0.717, 1.165) is 22.4 Å². The Hall–Kier alpha value is -2.42. The number of benzene rings is 2. The topological polar surface area (TPSA) is 38.7 Å². The van der Waals surface area contributed by atoms with Gasteiger partial charge in [0.1, 0.15) is 5.75 Å². The van der Waals surface area contributed by atoms with Crippen LogP contribution < -0.4 is 9.47 Å². The predicted molar refractivity (Wildman–Crippen MR) is 81.3 cm³/mol. The Balaban J connectivity index is 2.24. The normalized spacial score (nSPS) is 10.8. The maximum absolute atomic E-state index is 9.80. The summed E-state index contributed by atoms with van der Waals surface area (Å²) in [5.74, 6) is 1.51. The first-order chi connectivity index (χ1) is 9.63. The molecule has 0 heterocycles.